The number of hydrogen-bond acceptors (Lipinski definition) is 2. The summed E-state index contributed by atoms with van der Waals surface area (Å²) < 4.78 is 0. The lowest BCUT2D eigenvalue weighted by molar-refractivity contribution is -0.117. The van der Waals surface area contributed by atoms with Crippen molar-refractivity contribution in [1.29, 1.82) is 0 Å². The predicted octanol–water partition coefficient (Wildman–Crippen LogP) is 4.02. The van der Waals surface area contributed by atoms with E-state index in [1.165, 1.54) is 0 Å². The maximum absolute atomic E-state index is 12.6. The molecule has 2 N–H and O–H groups in total. The summed E-state index contributed by atoms with van der Waals surface area (Å²) in [6, 6.07) is 10.8. The largest absolute Gasteiger partial charge is 0.352 e. The van der Waals surface area contributed by atoms with Gasteiger partial charge in [0.25, 0.3) is 5.91 Å². The van der Waals surface area contributed by atoms with E-state index in [0.717, 1.165) is 29.7 Å². The fraction of sp³-hybridized carbons (Fsp3) is 0.263. The molecule has 2 aliphatic rings. The highest BCUT2D eigenvalue weighted by Gasteiger charge is 2.44. The molecule has 2 atom stereocenters. The molecule has 128 valence electrons. The summed E-state index contributed by atoms with van der Waals surface area (Å²) in [5.41, 5.74) is 3.26. The summed E-state index contributed by atoms with van der Waals surface area (Å²) in [6.07, 6.45) is 1.49. The molecule has 2 unspecified atom stereocenters. The lowest BCUT2D eigenvalue weighted by atomic mass is 9.98. The minimum absolute atomic E-state index is 0.0273. The highest BCUT2D eigenvalue weighted by Crippen LogP contribution is 2.49. The Labute approximate surface area is 155 Å². The number of hydrogen-bond donors (Lipinski definition) is 2. The molecule has 25 heavy (non-hydrogen) atoms. The highest BCUT2D eigenvalue weighted by atomic mass is 35.5. The van der Waals surface area contributed by atoms with E-state index in [2.05, 4.69) is 10.6 Å². The van der Waals surface area contributed by atoms with Crippen molar-refractivity contribution in [3.63, 3.8) is 0 Å². The number of anilines is 1. The Morgan fingerprint density at radius 2 is 1.92 bits per heavy atom. The number of nitrogens with one attached hydrogen (secondary N) is 2. The van der Waals surface area contributed by atoms with E-state index in [4.69, 9.17) is 23.2 Å². The predicted molar refractivity (Wildman–Crippen MR) is 98.4 cm³/mol. The van der Waals surface area contributed by atoms with Crippen molar-refractivity contribution in [2.24, 2.45) is 5.92 Å². The second kappa shape index (κ2) is 6.36. The van der Waals surface area contributed by atoms with Crippen molar-refractivity contribution in [1.82, 2.24) is 5.32 Å². The van der Waals surface area contributed by atoms with Gasteiger partial charge < -0.3 is 10.6 Å². The van der Waals surface area contributed by atoms with Gasteiger partial charge in [-0.15, -0.1) is 0 Å². The van der Waals surface area contributed by atoms with Crippen LogP contribution in [0.2, 0.25) is 10.0 Å². The Balaban J connectivity index is 1.51. The van der Waals surface area contributed by atoms with Gasteiger partial charge in [0.2, 0.25) is 5.91 Å². The van der Waals surface area contributed by atoms with Crippen LogP contribution in [0.15, 0.2) is 36.4 Å². The third-order valence-electron chi connectivity index (χ3n) is 4.78. The van der Waals surface area contributed by atoms with Gasteiger partial charge in [0.15, 0.2) is 0 Å². The van der Waals surface area contributed by atoms with Gasteiger partial charge in [-0.1, -0.05) is 29.3 Å². The van der Waals surface area contributed by atoms with E-state index in [-0.39, 0.29) is 23.7 Å². The fourth-order valence-corrected chi connectivity index (χ4v) is 3.99. The van der Waals surface area contributed by atoms with Crippen LogP contribution >= 0.6 is 23.2 Å². The molecule has 2 amide bonds. The summed E-state index contributed by atoms with van der Waals surface area (Å²) in [4.78, 5) is 24.5. The van der Waals surface area contributed by atoms with E-state index in [1.807, 2.05) is 18.2 Å². The number of benzene rings is 2. The molecule has 4 nitrogen and oxygen atoms in total. The zero-order valence-electron chi connectivity index (χ0n) is 13.3. The molecule has 0 saturated heterocycles. The van der Waals surface area contributed by atoms with Gasteiger partial charge in [0.1, 0.15) is 0 Å². The summed E-state index contributed by atoms with van der Waals surface area (Å²) in [7, 11) is 0. The molecular formula is C19H16Cl2N2O2. The first-order chi connectivity index (χ1) is 12.0. The van der Waals surface area contributed by atoms with Crippen LogP contribution in [-0.2, 0) is 11.2 Å². The van der Waals surface area contributed by atoms with Gasteiger partial charge in [-0.2, -0.15) is 0 Å². The first-order valence-electron chi connectivity index (χ1n) is 8.20. The molecule has 0 bridgehead atoms. The van der Waals surface area contributed by atoms with Crippen LogP contribution in [-0.4, -0.2) is 18.4 Å². The lowest BCUT2D eigenvalue weighted by Crippen LogP contribution is -2.32. The molecule has 1 saturated carbocycles. The van der Waals surface area contributed by atoms with Gasteiger partial charge in [-0.05, 0) is 60.2 Å². The average molecular weight is 375 g/mol. The third kappa shape index (κ3) is 3.24. The quantitative estimate of drug-likeness (QED) is 0.851. The van der Waals surface area contributed by atoms with Crippen LogP contribution in [0.25, 0.3) is 0 Å². The molecule has 2 aromatic carbocycles. The van der Waals surface area contributed by atoms with Crippen LogP contribution in [0.5, 0.6) is 0 Å². The van der Waals surface area contributed by atoms with Crippen molar-refractivity contribution >= 4 is 40.7 Å². The molecular weight excluding hydrogens is 359 g/mol. The Hall–Kier alpha value is -2.04. The zero-order valence-corrected chi connectivity index (χ0v) is 14.8. The molecule has 1 fully saturated rings. The summed E-state index contributed by atoms with van der Waals surface area (Å²) >= 11 is 12.1. The maximum atomic E-state index is 12.6. The Morgan fingerprint density at radius 3 is 2.68 bits per heavy atom. The monoisotopic (exact) mass is 374 g/mol. The molecule has 1 heterocycles. The number of halogens is 2. The van der Waals surface area contributed by atoms with Crippen molar-refractivity contribution < 1.29 is 9.59 Å². The molecule has 1 aliphatic carbocycles. The molecule has 2 aromatic rings. The van der Waals surface area contributed by atoms with Crippen molar-refractivity contribution in [3.8, 4) is 0 Å². The minimum atomic E-state index is -0.0946. The Morgan fingerprint density at radius 1 is 1.16 bits per heavy atom. The number of carbonyl (C=O) groups is 2. The van der Waals surface area contributed by atoms with E-state index < -0.39 is 0 Å². The highest BCUT2D eigenvalue weighted by molar-refractivity contribution is 6.34. The van der Waals surface area contributed by atoms with Crippen LogP contribution in [0.4, 0.5) is 5.69 Å². The van der Waals surface area contributed by atoms with Crippen molar-refractivity contribution in [2.75, 3.05) is 11.9 Å². The van der Waals surface area contributed by atoms with Crippen LogP contribution < -0.4 is 10.6 Å². The topological polar surface area (TPSA) is 58.2 Å². The molecule has 0 aromatic heterocycles. The third-order valence-corrected chi connectivity index (χ3v) is 5.22. The first-order valence-corrected chi connectivity index (χ1v) is 8.95. The Kier molecular flexibility index (Phi) is 4.18. The molecule has 1 aliphatic heterocycles. The van der Waals surface area contributed by atoms with E-state index in [0.29, 0.717) is 22.2 Å². The minimum Gasteiger partial charge on any atom is -0.352 e. The molecule has 0 radical (unpaired) electrons. The van der Waals surface area contributed by atoms with Crippen molar-refractivity contribution in [3.05, 3.63) is 63.1 Å². The van der Waals surface area contributed by atoms with Gasteiger partial charge in [-0.3, -0.25) is 9.59 Å². The first kappa shape index (κ1) is 16.4. The molecule has 0 spiro atoms. The van der Waals surface area contributed by atoms with Crippen LogP contribution in [0.3, 0.4) is 0 Å². The Bertz CT molecular complexity index is 861. The normalized spacial score (nSPS) is 21.3. The summed E-state index contributed by atoms with van der Waals surface area (Å²) in [5.74, 6) is -0.0717. The SMILES string of the molecule is O=C1NCCc2c(NC(=O)C3CC3c3cc(Cl)cc(Cl)c3)cccc21. The number of fused-ring (bicyclic) bond motifs is 1. The molecule has 6 heteroatoms. The standard InChI is InChI=1S/C19H16Cl2N2O2/c20-11-6-10(7-12(21)8-11)15-9-16(15)19(25)23-17-3-1-2-14-13(17)4-5-22-18(14)24/h1-3,6-8,15-16H,4-5,9H2,(H,22,24)(H,23,25). The van der Waals surface area contributed by atoms with Gasteiger partial charge in [0, 0.05) is 33.8 Å². The number of amides is 2. The lowest BCUT2D eigenvalue weighted by Gasteiger charge is -2.20. The zero-order chi connectivity index (χ0) is 17.6. The second-order valence-electron chi connectivity index (χ2n) is 6.48. The van der Waals surface area contributed by atoms with Crippen LogP contribution in [0.1, 0.15) is 33.8 Å². The maximum Gasteiger partial charge on any atom is 0.251 e. The number of rotatable bonds is 3. The van der Waals surface area contributed by atoms with Crippen LogP contribution in [0, 0.1) is 5.92 Å². The van der Waals surface area contributed by atoms with Gasteiger partial charge >= 0.3 is 0 Å². The molecule has 4 rings (SSSR count). The summed E-state index contributed by atoms with van der Waals surface area (Å²) in [5, 5.41) is 6.97. The second-order valence-corrected chi connectivity index (χ2v) is 7.35. The fourth-order valence-electron chi connectivity index (χ4n) is 3.45. The number of carbonyl (C=O) groups excluding carboxylic acids is 2. The van der Waals surface area contributed by atoms with Gasteiger partial charge in [0.05, 0.1) is 0 Å². The van der Waals surface area contributed by atoms with E-state index >= 15 is 0 Å². The average Bonchev–Trinajstić information content (AvgIpc) is 3.36. The van der Waals surface area contributed by atoms with Gasteiger partial charge in [-0.25, -0.2) is 0 Å². The van der Waals surface area contributed by atoms with E-state index in [9.17, 15) is 9.59 Å². The smallest absolute Gasteiger partial charge is 0.251 e. The van der Waals surface area contributed by atoms with Crippen molar-refractivity contribution in [2.45, 2.75) is 18.8 Å². The van der Waals surface area contributed by atoms with E-state index in [1.54, 1.807) is 18.2 Å². The summed E-state index contributed by atoms with van der Waals surface area (Å²) in [6.45, 7) is 0.589.